The molecule has 3 aliphatic rings. The minimum Gasteiger partial charge on any atom is -0.385 e. The molecule has 1 amide bonds. The Morgan fingerprint density at radius 3 is 2.60 bits per heavy atom. The van der Waals surface area contributed by atoms with E-state index >= 15 is 0 Å². The number of rotatable bonds is 3. The summed E-state index contributed by atoms with van der Waals surface area (Å²) in [6.07, 6.45) is 4.03. The molecule has 4 unspecified atom stereocenters. The molecule has 3 nitrogen and oxygen atoms in total. The molecular weight excluding hydrogens is 255 g/mol. The molecular formula is C16H19FN2O. The van der Waals surface area contributed by atoms with Gasteiger partial charge in [0.1, 0.15) is 5.82 Å². The number of fused-ring (bicyclic) bond motifs is 5. The molecule has 3 aliphatic carbocycles. The van der Waals surface area contributed by atoms with Crippen LogP contribution in [-0.4, -0.2) is 19.0 Å². The van der Waals surface area contributed by atoms with Gasteiger partial charge < -0.3 is 10.6 Å². The fourth-order valence-electron chi connectivity index (χ4n) is 4.71. The van der Waals surface area contributed by atoms with Crippen molar-refractivity contribution in [3.05, 3.63) is 29.6 Å². The summed E-state index contributed by atoms with van der Waals surface area (Å²) in [4.78, 5) is 12.4. The maximum atomic E-state index is 13.7. The van der Waals surface area contributed by atoms with Crippen LogP contribution < -0.4 is 10.6 Å². The summed E-state index contributed by atoms with van der Waals surface area (Å²) in [6, 6.07) is 4.97. The number of carbonyl (C=O) groups excluding carboxylic acids is 1. The number of para-hydroxylation sites is 1. The molecule has 4 rings (SSSR count). The van der Waals surface area contributed by atoms with E-state index in [0.717, 1.165) is 11.8 Å². The van der Waals surface area contributed by atoms with Gasteiger partial charge >= 0.3 is 0 Å². The zero-order valence-corrected chi connectivity index (χ0v) is 11.5. The molecule has 3 fully saturated rings. The van der Waals surface area contributed by atoms with Crippen molar-refractivity contribution in [2.45, 2.75) is 25.3 Å². The number of carbonyl (C=O) groups is 1. The van der Waals surface area contributed by atoms with Gasteiger partial charge in [-0.05, 0) is 55.1 Å². The van der Waals surface area contributed by atoms with E-state index in [4.69, 9.17) is 0 Å². The van der Waals surface area contributed by atoms with Crippen molar-refractivity contribution >= 4 is 11.6 Å². The summed E-state index contributed by atoms with van der Waals surface area (Å²) >= 11 is 0. The Morgan fingerprint density at radius 2 is 1.95 bits per heavy atom. The monoisotopic (exact) mass is 274 g/mol. The first-order valence-electron chi connectivity index (χ1n) is 7.48. The Balaban J connectivity index is 1.51. The standard InChI is InChI=1S/C16H19FN2O/c1-18-14-10(3-2-4-11(14)17)16(20)19-15-12-8-5-6-9(7-8)13(12)15/h2-4,8-9,12-13,15,18H,5-7H2,1H3,(H,19,20). The SMILES string of the molecule is CNc1c(F)cccc1C(=O)NC1C2C3CCC(C3)C12. The van der Waals surface area contributed by atoms with E-state index in [-0.39, 0.29) is 11.7 Å². The van der Waals surface area contributed by atoms with Gasteiger partial charge in [-0.25, -0.2) is 4.39 Å². The number of benzene rings is 1. The summed E-state index contributed by atoms with van der Waals surface area (Å²) in [7, 11) is 1.64. The van der Waals surface area contributed by atoms with Gasteiger partial charge in [-0.15, -0.1) is 0 Å². The molecule has 2 bridgehead atoms. The molecule has 1 aromatic carbocycles. The highest BCUT2D eigenvalue weighted by Gasteiger charge is 2.65. The van der Waals surface area contributed by atoms with Crippen molar-refractivity contribution in [1.29, 1.82) is 0 Å². The van der Waals surface area contributed by atoms with Crippen molar-refractivity contribution in [1.82, 2.24) is 5.32 Å². The van der Waals surface area contributed by atoms with Crippen LogP contribution in [0.1, 0.15) is 29.6 Å². The van der Waals surface area contributed by atoms with Crippen LogP contribution in [0, 0.1) is 29.5 Å². The lowest BCUT2D eigenvalue weighted by Gasteiger charge is -2.13. The number of nitrogens with one attached hydrogen (secondary N) is 2. The molecule has 0 aromatic heterocycles. The van der Waals surface area contributed by atoms with Crippen LogP contribution in [0.2, 0.25) is 0 Å². The molecule has 1 aromatic rings. The zero-order valence-electron chi connectivity index (χ0n) is 11.5. The lowest BCUT2D eigenvalue weighted by molar-refractivity contribution is 0.0944. The Hall–Kier alpha value is -1.58. The molecule has 4 heteroatoms. The summed E-state index contributed by atoms with van der Waals surface area (Å²) in [5.41, 5.74) is 0.698. The highest BCUT2D eigenvalue weighted by Crippen LogP contribution is 2.65. The number of hydrogen-bond acceptors (Lipinski definition) is 2. The molecule has 3 saturated carbocycles. The Bertz CT molecular complexity index is 558. The molecule has 0 spiro atoms. The van der Waals surface area contributed by atoms with Crippen molar-refractivity contribution in [2.24, 2.45) is 23.7 Å². The van der Waals surface area contributed by atoms with Gasteiger partial charge in [0.25, 0.3) is 5.91 Å². The largest absolute Gasteiger partial charge is 0.385 e. The number of anilines is 1. The van der Waals surface area contributed by atoms with E-state index in [1.165, 1.54) is 25.3 Å². The highest BCUT2D eigenvalue weighted by atomic mass is 19.1. The number of hydrogen-bond donors (Lipinski definition) is 2. The van der Waals surface area contributed by atoms with Gasteiger partial charge in [-0.2, -0.15) is 0 Å². The van der Waals surface area contributed by atoms with E-state index in [9.17, 15) is 9.18 Å². The quantitative estimate of drug-likeness (QED) is 0.889. The third-order valence-electron chi connectivity index (χ3n) is 5.54. The summed E-state index contributed by atoms with van der Waals surface area (Å²) in [6.45, 7) is 0. The first kappa shape index (κ1) is 12.2. The van der Waals surface area contributed by atoms with Gasteiger partial charge in [0.05, 0.1) is 11.3 Å². The minimum absolute atomic E-state index is 0.146. The molecule has 0 saturated heterocycles. The van der Waals surface area contributed by atoms with Crippen molar-refractivity contribution in [3.8, 4) is 0 Å². The van der Waals surface area contributed by atoms with Crippen LogP contribution in [-0.2, 0) is 0 Å². The van der Waals surface area contributed by atoms with Gasteiger partial charge in [0.2, 0.25) is 0 Å². The van der Waals surface area contributed by atoms with E-state index in [1.54, 1.807) is 19.2 Å². The number of amides is 1. The molecule has 20 heavy (non-hydrogen) atoms. The second-order valence-electron chi connectivity index (χ2n) is 6.40. The van der Waals surface area contributed by atoms with Crippen LogP contribution in [0.5, 0.6) is 0 Å². The van der Waals surface area contributed by atoms with Crippen molar-refractivity contribution in [2.75, 3.05) is 12.4 Å². The predicted molar refractivity (Wildman–Crippen MR) is 75.0 cm³/mol. The maximum absolute atomic E-state index is 13.7. The van der Waals surface area contributed by atoms with E-state index < -0.39 is 0 Å². The minimum atomic E-state index is -0.379. The van der Waals surface area contributed by atoms with Crippen LogP contribution in [0.3, 0.4) is 0 Å². The summed E-state index contributed by atoms with van der Waals surface area (Å²) in [5.74, 6) is 2.52. The molecule has 0 aliphatic heterocycles. The average molecular weight is 274 g/mol. The second-order valence-corrected chi connectivity index (χ2v) is 6.40. The average Bonchev–Trinajstić information content (AvgIpc) is 2.84. The van der Waals surface area contributed by atoms with Gasteiger partial charge in [-0.3, -0.25) is 4.79 Å². The normalized spacial score (nSPS) is 36.6. The second kappa shape index (κ2) is 4.21. The molecule has 0 radical (unpaired) electrons. The van der Waals surface area contributed by atoms with Crippen LogP contribution >= 0.6 is 0 Å². The Labute approximate surface area is 117 Å². The topological polar surface area (TPSA) is 41.1 Å². The van der Waals surface area contributed by atoms with Gasteiger partial charge in [0.15, 0.2) is 0 Å². The van der Waals surface area contributed by atoms with E-state index in [1.807, 2.05) is 0 Å². The zero-order chi connectivity index (χ0) is 13.9. The van der Waals surface area contributed by atoms with Crippen LogP contribution in [0.25, 0.3) is 0 Å². The van der Waals surface area contributed by atoms with E-state index in [2.05, 4.69) is 10.6 Å². The van der Waals surface area contributed by atoms with Crippen LogP contribution in [0.15, 0.2) is 18.2 Å². The number of halogens is 1. The van der Waals surface area contributed by atoms with Crippen LogP contribution in [0.4, 0.5) is 10.1 Å². The molecule has 4 atom stereocenters. The Kier molecular flexibility index (Phi) is 2.56. The van der Waals surface area contributed by atoms with Gasteiger partial charge in [0, 0.05) is 13.1 Å². The smallest absolute Gasteiger partial charge is 0.253 e. The third kappa shape index (κ3) is 1.60. The molecule has 0 heterocycles. The predicted octanol–water partition coefficient (Wildman–Crippen LogP) is 2.64. The van der Waals surface area contributed by atoms with Crippen molar-refractivity contribution < 1.29 is 9.18 Å². The third-order valence-corrected chi connectivity index (χ3v) is 5.54. The summed E-state index contributed by atoms with van der Waals surface area (Å²) < 4.78 is 13.7. The first-order valence-corrected chi connectivity index (χ1v) is 7.48. The fourth-order valence-corrected chi connectivity index (χ4v) is 4.71. The molecule has 106 valence electrons. The Morgan fingerprint density at radius 1 is 1.25 bits per heavy atom. The molecule has 2 N–H and O–H groups in total. The van der Waals surface area contributed by atoms with Gasteiger partial charge in [-0.1, -0.05) is 6.07 Å². The first-order chi connectivity index (χ1) is 9.70. The maximum Gasteiger partial charge on any atom is 0.253 e. The summed E-state index contributed by atoms with van der Waals surface area (Å²) in [5, 5.41) is 5.91. The lowest BCUT2D eigenvalue weighted by atomic mass is 10.0. The fraction of sp³-hybridized carbons (Fsp3) is 0.562. The lowest BCUT2D eigenvalue weighted by Crippen LogP contribution is -2.30. The van der Waals surface area contributed by atoms with E-state index in [0.29, 0.717) is 29.1 Å². The highest BCUT2D eigenvalue weighted by molar-refractivity contribution is 6.00. The van der Waals surface area contributed by atoms with Crippen molar-refractivity contribution in [3.63, 3.8) is 0 Å².